The van der Waals surface area contributed by atoms with Gasteiger partial charge in [-0.3, -0.25) is 4.79 Å². The molecule has 2 aliphatic rings. The van der Waals surface area contributed by atoms with Crippen molar-refractivity contribution < 1.29 is 23.8 Å². The molecule has 6 nitrogen and oxygen atoms in total. The van der Waals surface area contributed by atoms with Crippen LogP contribution in [0.15, 0.2) is 36.0 Å². The molecular weight excluding hydrogens is 298 g/mol. The Labute approximate surface area is 133 Å². The highest BCUT2D eigenvalue weighted by Crippen LogP contribution is 2.32. The van der Waals surface area contributed by atoms with Crippen molar-refractivity contribution in [1.82, 2.24) is 5.32 Å². The van der Waals surface area contributed by atoms with Gasteiger partial charge in [0, 0.05) is 12.2 Å². The van der Waals surface area contributed by atoms with Gasteiger partial charge in [-0.2, -0.15) is 0 Å². The average molecular weight is 315 g/mol. The summed E-state index contributed by atoms with van der Waals surface area (Å²) in [4.78, 5) is 24.0. The molecule has 1 heterocycles. The molecule has 0 amide bonds. The molecule has 1 N–H and O–H groups in total. The van der Waals surface area contributed by atoms with Gasteiger partial charge in [0.25, 0.3) is 0 Å². The van der Waals surface area contributed by atoms with E-state index in [1.165, 1.54) is 19.4 Å². The number of carbonyl (C=O) groups is 2. The van der Waals surface area contributed by atoms with Crippen molar-refractivity contribution in [3.8, 4) is 11.5 Å². The third kappa shape index (κ3) is 3.71. The Morgan fingerprint density at radius 1 is 1.26 bits per heavy atom. The number of ether oxygens (including phenoxy) is 3. The van der Waals surface area contributed by atoms with Crippen LogP contribution in [0.1, 0.15) is 18.4 Å². The fourth-order valence-corrected chi connectivity index (χ4v) is 2.07. The van der Waals surface area contributed by atoms with E-state index < -0.39 is 11.8 Å². The van der Waals surface area contributed by atoms with E-state index in [0.29, 0.717) is 17.5 Å². The highest BCUT2D eigenvalue weighted by Gasteiger charge is 2.22. The number of rotatable bonds is 6. The molecule has 1 aromatic carbocycles. The Morgan fingerprint density at radius 3 is 2.78 bits per heavy atom. The Balaban J connectivity index is 1.72. The van der Waals surface area contributed by atoms with E-state index in [2.05, 4.69) is 10.1 Å². The molecule has 3 rings (SSSR count). The van der Waals surface area contributed by atoms with Crippen LogP contribution in [0, 0.1) is 0 Å². The zero-order chi connectivity index (χ0) is 16.2. The SMILES string of the molecule is COC(=O)C(=CNC1CC1)C(=O)C=Cc1ccc2c(c1)OCO2. The van der Waals surface area contributed by atoms with Gasteiger partial charge in [-0.25, -0.2) is 4.79 Å². The Hall–Kier alpha value is -2.76. The first-order chi connectivity index (χ1) is 11.2. The standard InChI is InChI=1S/C17H17NO5/c1-21-17(20)13(9-18-12-4-5-12)14(19)6-2-11-3-7-15-16(8-11)23-10-22-15/h2-3,6-9,12,18H,4-5,10H2,1H3. The predicted octanol–water partition coefficient (Wildman–Crippen LogP) is 1.81. The molecule has 0 spiro atoms. The Morgan fingerprint density at radius 2 is 2.04 bits per heavy atom. The lowest BCUT2D eigenvalue weighted by Crippen LogP contribution is -2.18. The van der Waals surface area contributed by atoms with Crippen LogP contribution in [0.3, 0.4) is 0 Å². The molecule has 0 atom stereocenters. The molecule has 0 unspecified atom stereocenters. The molecule has 0 saturated heterocycles. The van der Waals surface area contributed by atoms with Crippen molar-refractivity contribution in [2.75, 3.05) is 13.9 Å². The van der Waals surface area contributed by atoms with Crippen LogP contribution in [-0.2, 0) is 14.3 Å². The molecule has 0 bridgehead atoms. The van der Waals surface area contributed by atoms with Crippen LogP contribution in [0.25, 0.3) is 6.08 Å². The van der Waals surface area contributed by atoms with Crippen molar-refractivity contribution in [2.24, 2.45) is 0 Å². The number of allylic oxidation sites excluding steroid dienone is 1. The summed E-state index contributed by atoms with van der Waals surface area (Å²) in [6, 6.07) is 5.70. The molecular formula is C17H17NO5. The van der Waals surface area contributed by atoms with Crippen LogP contribution < -0.4 is 14.8 Å². The minimum absolute atomic E-state index is 0.0172. The smallest absolute Gasteiger partial charge is 0.343 e. The fraction of sp³-hybridized carbons (Fsp3) is 0.294. The molecule has 1 fully saturated rings. The monoisotopic (exact) mass is 315 g/mol. The lowest BCUT2D eigenvalue weighted by Gasteiger charge is -2.03. The van der Waals surface area contributed by atoms with E-state index in [0.717, 1.165) is 18.4 Å². The van der Waals surface area contributed by atoms with Gasteiger partial charge in [-0.1, -0.05) is 12.1 Å². The van der Waals surface area contributed by atoms with Gasteiger partial charge in [0.1, 0.15) is 5.57 Å². The molecule has 0 aromatic heterocycles. The van der Waals surface area contributed by atoms with Gasteiger partial charge in [-0.05, 0) is 36.6 Å². The summed E-state index contributed by atoms with van der Waals surface area (Å²) in [7, 11) is 1.25. The highest BCUT2D eigenvalue weighted by molar-refractivity contribution is 6.22. The summed E-state index contributed by atoms with van der Waals surface area (Å²) in [5.74, 6) is 0.247. The van der Waals surface area contributed by atoms with Crippen molar-refractivity contribution in [3.05, 3.63) is 41.6 Å². The minimum Gasteiger partial charge on any atom is -0.465 e. The summed E-state index contributed by atoms with van der Waals surface area (Å²) in [6.07, 6.45) is 6.50. The lowest BCUT2D eigenvalue weighted by atomic mass is 10.1. The maximum absolute atomic E-state index is 12.2. The van der Waals surface area contributed by atoms with Gasteiger partial charge >= 0.3 is 5.97 Å². The number of methoxy groups -OCH3 is 1. The molecule has 1 aliphatic carbocycles. The zero-order valence-electron chi connectivity index (χ0n) is 12.7. The molecule has 1 saturated carbocycles. The summed E-state index contributed by atoms with van der Waals surface area (Å²) in [6.45, 7) is 0.198. The maximum atomic E-state index is 12.2. The second kappa shape index (κ2) is 6.56. The second-order valence-electron chi connectivity index (χ2n) is 5.30. The van der Waals surface area contributed by atoms with E-state index in [4.69, 9.17) is 9.47 Å². The third-order valence-electron chi connectivity index (χ3n) is 3.54. The first kappa shape index (κ1) is 15.1. The quantitative estimate of drug-likeness (QED) is 0.373. The van der Waals surface area contributed by atoms with Crippen molar-refractivity contribution in [3.63, 3.8) is 0 Å². The second-order valence-corrected chi connectivity index (χ2v) is 5.30. The fourth-order valence-electron chi connectivity index (χ4n) is 2.07. The number of ketones is 1. The average Bonchev–Trinajstić information content (AvgIpc) is 3.27. The first-order valence-electron chi connectivity index (χ1n) is 7.34. The van der Waals surface area contributed by atoms with Crippen LogP contribution in [0.4, 0.5) is 0 Å². The number of hydrogen-bond donors (Lipinski definition) is 1. The van der Waals surface area contributed by atoms with Crippen LogP contribution >= 0.6 is 0 Å². The number of hydrogen-bond acceptors (Lipinski definition) is 6. The van der Waals surface area contributed by atoms with Crippen molar-refractivity contribution in [2.45, 2.75) is 18.9 Å². The van der Waals surface area contributed by atoms with E-state index in [9.17, 15) is 9.59 Å². The van der Waals surface area contributed by atoms with Gasteiger partial charge in [-0.15, -0.1) is 0 Å². The summed E-state index contributed by atoms with van der Waals surface area (Å²) in [5, 5.41) is 3.03. The Bertz CT molecular complexity index is 688. The summed E-state index contributed by atoms with van der Waals surface area (Å²) >= 11 is 0. The summed E-state index contributed by atoms with van der Waals surface area (Å²) in [5.41, 5.74) is 0.762. The van der Waals surface area contributed by atoms with E-state index >= 15 is 0 Å². The third-order valence-corrected chi connectivity index (χ3v) is 3.54. The van der Waals surface area contributed by atoms with E-state index in [-0.39, 0.29) is 12.4 Å². The molecule has 0 radical (unpaired) electrons. The largest absolute Gasteiger partial charge is 0.465 e. The first-order valence-corrected chi connectivity index (χ1v) is 7.34. The van der Waals surface area contributed by atoms with E-state index in [1.807, 2.05) is 0 Å². The molecule has 120 valence electrons. The summed E-state index contributed by atoms with van der Waals surface area (Å²) < 4.78 is 15.2. The van der Waals surface area contributed by atoms with Crippen molar-refractivity contribution in [1.29, 1.82) is 0 Å². The molecule has 1 aromatic rings. The minimum atomic E-state index is -0.654. The molecule has 6 heteroatoms. The number of fused-ring (bicyclic) bond motifs is 1. The van der Waals surface area contributed by atoms with Crippen LogP contribution in [-0.4, -0.2) is 31.7 Å². The lowest BCUT2D eigenvalue weighted by molar-refractivity contribution is -0.137. The number of benzene rings is 1. The predicted molar refractivity (Wildman–Crippen MR) is 82.9 cm³/mol. The zero-order valence-corrected chi connectivity index (χ0v) is 12.7. The van der Waals surface area contributed by atoms with Gasteiger partial charge in [0.05, 0.1) is 7.11 Å². The van der Waals surface area contributed by atoms with Gasteiger partial charge < -0.3 is 19.5 Å². The topological polar surface area (TPSA) is 73.9 Å². The highest BCUT2D eigenvalue weighted by atomic mass is 16.7. The molecule has 1 aliphatic heterocycles. The van der Waals surface area contributed by atoms with Gasteiger partial charge in [0.15, 0.2) is 17.3 Å². The van der Waals surface area contributed by atoms with Crippen LogP contribution in [0.5, 0.6) is 11.5 Å². The number of nitrogens with one attached hydrogen (secondary N) is 1. The van der Waals surface area contributed by atoms with Crippen molar-refractivity contribution >= 4 is 17.8 Å². The Kier molecular flexibility index (Phi) is 4.32. The van der Waals surface area contributed by atoms with Crippen LogP contribution in [0.2, 0.25) is 0 Å². The van der Waals surface area contributed by atoms with Gasteiger partial charge in [0.2, 0.25) is 6.79 Å². The number of carbonyl (C=O) groups excluding carboxylic acids is 2. The normalized spacial score (nSPS) is 16.5. The maximum Gasteiger partial charge on any atom is 0.343 e. The molecule has 23 heavy (non-hydrogen) atoms. The number of esters is 1. The van der Waals surface area contributed by atoms with E-state index in [1.54, 1.807) is 24.3 Å².